The Hall–Kier alpha value is -0.610. The van der Waals surface area contributed by atoms with E-state index in [1.54, 1.807) is 12.4 Å². The summed E-state index contributed by atoms with van der Waals surface area (Å²) in [5, 5.41) is 3.24. The molecular formula is C9H14BrN3. The van der Waals surface area contributed by atoms with E-state index in [-0.39, 0.29) is 6.04 Å². The largest absolute Gasteiger partial charge is 0.384 e. The minimum Gasteiger partial charge on any atom is -0.384 e. The SMILES string of the molecule is CC(N)CCNc1cncc(Br)c1. The molecule has 0 spiro atoms. The van der Waals surface area contributed by atoms with Crippen LogP contribution in [0.4, 0.5) is 5.69 Å². The van der Waals surface area contributed by atoms with Gasteiger partial charge in [-0.1, -0.05) is 0 Å². The second kappa shape index (κ2) is 5.19. The fraction of sp³-hybridized carbons (Fsp3) is 0.444. The standard InChI is InChI=1S/C9H14BrN3/c1-7(11)2-3-13-9-4-8(10)5-12-6-9/h4-7,13H,2-3,11H2,1H3. The second-order valence-electron chi connectivity index (χ2n) is 3.08. The summed E-state index contributed by atoms with van der Waals surface area (Å²) in [4.78, 5) is 4.04. The summed E-state index contributed by atoms with van der Waals surface area (Å²) in [7, 11) is 0. The molecule has 3 N–H and O–H groups in total. The molecule has 1 aromatic rings. The summed E-state index contributed by atoms with van der Waals surface area (Å²) >= 11 is 3.36. The number of nitrogens with two attached hydrogens (primary N) is 1. The normalized spacial score (nSPS) is 12.5. The maximum atomic E-state index is 5.62. The molecule has 13 heavy (non-hydrogen) atoms. The van der Waals surface area contributed by atoms with Crippen LogP contribution >= 0.6 is 15.9 Å². The van der Waals surface area contributed by atoms with E-state index in [9.17, 15) is 0 Å². The van der Waals surface area contributed by atoms with Crippen molar-refractivity contribution in [3.8, 4) is 0 Å². The zero-order valence-electron chi connectivity index (χ0n) is 7.63. The van der Waals surface area contributed by atoms with E-state index in [1.807, 2.05) is 13.0 Å². The van der Waals surface area contributed by atoms with Crippen LogP contribution in [-0.4, -0.2) is 17.6 Å². The highest BCUT2D eigenvalue weighted by atomic mass is 79.9. The Balaban J connectivity index is 2.37. The topological polar surface area (TPSA) is 50.9 Å². The van der Waals surface area contributed by atoms with Crippen molar-refractivity contribution in [2.24, 2.45) is 5.73 Å². The van der Waals surface area contributed by atoms with Crippen molar-refractivity contribution in [1.29, 1.82) is 0 Å². The first-order valence-corrected chi connectivity index (χ1v) is 5.08. The van der Waals surface area contributed by atoms with Gasteiger partial charge >= 0.3 is 0 Å². The van der Waals surface area contributed by atoms with E-state index in [1.165, 1.54) is 0 Å². The smallest absolute Gasteiger partial charge is 0.0538 e. The lowest BCUT2D eigenvalue weighted by Gasteiger charge is -2.07. The molecule has 0 fully saturated rings. The van der Waals surface area contributed by atoms with E-state index < -0.39 is 0 Å². The Morgan fingerprint density at radius 2 is 2.38 bits per heavy atom. The fourth-order valence-electron chi connectivity index (χ4n) is 0.953. The molecule has 0 aliphatic rings. The molecule has 1 atom stereocenters. The van der Waals surface area contributed by atoms with Gasteiger partial charge in [0, 0.05) is 23.3 Å². The predicted octanol–water partition coefficient (Wildman–Crippen LogP) is 1.99. The number of aromatic nitrogens is 1. The molecular weight excluding hydrogens is 230 g/mol. The zero-order valence-corrected chi connectivity index (χ0v) is 9.21. The van der Waals surface area contributed by atoms with Gasteiger partial charge in [-0.2, -0.15) is 0 Å². The van der Waals surface area contributed by atoms with Gasteiger partial charge in [-0.05, 0) is 35.3 Å². The molecule has 4 heteroatoms. The molecule has 3 nitrogen and oxygen atoms in total. The highest BCUT2D eigenvalue weighted by Crippen LogP contribution is 2.13. The van der Waals surface area contributed by atoms with Gasteiger partial charge in [-0.15, -0.1) is 0 Å². The second-order valence-corrected chi connectivity index (χ2v) is 4.00. The summed E-state index contributed by atoms with van der Waals surface area (Å²) in [5.74, 6) is 0. The quantitative estimate of drug-likeness (QED) is 0.851. The average Bonchev–Trinajstić information content (AvgIpc) is 2.03. The Labute approximate surface area is 86.9 Å². The Morgan fingerprint density at radius 1 is 1.62 bits per heavy atom. The summed E-state index contributed by atoms with van der Waals surface area (Å²) < 4.78 is 0.985. The van der Waals surface area contributed by atoms with Gasteiger partial charge < -0.3 is 11.1 Å². The lowest BCUT2D eigenvalue weighted by molar-refractivity contribution is 0.690. The van der Waals surface area contributed by atoms with E-state index in [2.05, 4.69) is 26.2 Å². The first-order chi connectivity index (χ1) is 6.18. The van der Waals surface area contributed by atoms with Gasteiger partial charge in [0.1, 0.15) is 0 Å². The van der Waals surface area contributed by atoms with E-state index in [0.717, 1.165) is 23.1 Å². The first kappa shape index (κ1) is 10.5. The van der Waals surface area contributed by atoms with Crippen LogP contribution in [-0.2, 0) is 0 Å². The van der Waals surface area contributed by atoms with Crippen LogP contribution in [0.1, 0.15) is 13.3 Å². The van der Waals surface area contributed by atoms with Crippen LogP contribution in [0.15, 0.2) is 22.9 Å². The molecule has 1 unspecified atom stereocenters. The van der Waals surface area contributed by atoms with Crippen LogP contribution in [0.25, 0.3) is 0 Å². The third-order valence-corrected chi connectivity index (χ3v) is 2.07. The Kier molecular flexibility index (Phi) is 4.18. The van der Waals surface area contributed by atoms with Gasteiger partial charge in [-0.25, -0.2) is 0 Å². The lowest BCUT2D eigenvalue weighted by atomic mass is 10.2. The monoisotopic (exact) mass is 243 g/mol. The minimum atomic E-state index is 0.243. The molecule has 0 amide bonds. The Bertz CT molecular complexity index is 263. The van der Waals surface area contributed by atoms with Gasteiger partial charge in [-0.3, -0.25) is 4.98 Å². The summed E-state index contributed by atoms with van der Waals surface area (Å²) in [6.45, 7) is 2.89. The van der Waals surface area contributed by atoms with Crippen molar-refractivity contribution in [2.45, 2.75) is 19.4 Å². The van der Waals surface area contributed by atoms with Crippen molar-refractivity contribution >= 4 is 21.6 Å². The van der Waals surface area contributed by atoms with Crippen molar-refractivity contribution in [3.63, 3.8) is 0 Å². The molecule has 0 aromatic carbocycles. The number of hydrogen-bond acceptors (Lipinski definition) is 3. The number of nitrogens with zero attached hydrogens (tertiary/aromatic N) is 1. The number of rotatable bonds is 4. The van der Waals surface area contributed by atoms with Gasteiger partial charge in [0.05, 0.1) is 11.9 Å². The molecule has 72 valence electrons. The van der Waals surface area contributed by atoms with E-state index in [4.69, 9.17) is 5.73 Å². The third kappa shape index (κ3) is 4.24. The number of halogens is 1. The van der Waals surface area contributed by atoms with Crippen LogP contribution in [0.5, 0.6) is 0 Å². The molecule has 1 heterocycles. The van der Waals surface area contributed by atoms with Crippen molar-refractivity contribution in [2.75, 3.05) is 11.9 Å². The number of hydrogen-bond donors (Lipinski definition) is 2. The van der Waals surface area contributed by atoms with Crippen molar-refractivity contribution < 1.29 is 0 Å². The van der Waals surface area contributed by atoms with Crippen LogP contribution in [0.2, 0.25) is 0 Å². The predicted molar refractivity (Wildman–Crippen MR) is 58.7 cm³/mol. The number of pyridine rings is 1. The fourth-order valence-corrected chi connectivity index (χ4v) is 1.32. The lowest BCUT2D eigenvalue weighted by Crippen LogP contribution is -2.19. The highest BCUT2D eigenvalue weighted by molar-refractivity contribution is 9.10. The number of nitrogens with one attached hydrogen (secondary N) is 1. The third-order valence-electron chi connectivity index (χ3n) is 1.63. The van der Waals surface area contributed by atoms with Gasteiger partial charge in [0.15, 0.2) is 0 Å². The summed E-state index contributed by atoms with van der Waals surface area (Å²) in [5.41, 5.74) is 6.64. The van der Waals surface area contributed by atoms with E-state index in [0.29, 0.717) is 0 Å². The van der Waals surface area contributed by atoms with Gasteiger partial charge in [0.2, 0.25) is 0 Å². The summed E-state index contributed by atoms with van der Waals surface area (Å²) in [6, 6.07) is 2.24. The van der Waals surface area contributed by atoms with Crippen molar-refractivity contribution in [3.05, 3.63) is 22.9 Å². The molecule has 0 aliphatic heterocycles. The molecule has 1 rings (SSSR count). The zero-order chi connectivity index (χ0) is 9.68. The molecule has 0 radical (unpaired) electrons. The first-order valence-electron chi connectivity index (χ1n) is 4.28. The van der Waals surface area contributed by atoms with Crippen LogP contribution in [0.3, 0.4) is 0 Å². The maximum absolute atomic E-state index is 5.62. The number of anilines is 1. The molecule has 1 aromatic heterocycles. The highest BCUT2D eigenvalue weighted by Gasteiger charge is 1.95. The molecule has 0 bridgehead atoms. The summed E-state index contributed by atoms with van der Waals surface area (Å²) in [6.07, 6.45) is 4.52. The molecule has 0 aliphatic carbocycles. The van der Waals surface area contributed by atoms with Crippen LogP contribution in [0, 0.1) is 0 Å². The van der Waals surface area contributed by atoms with Gasteiger partial charge in [0.25, 0.3) is 0 Å². The van der Waals surface area contributed by atoms with Crippen molar-refractivity contribution in [1.82, 2.24) is 4.98 Å². The van der Waals surface area contributed by atoms with E-state index >= 15 is 0 Å². The molecule has 0 saturated carbocycles. The Morgan fingerprint density at radius 3 is 3.00 bits per heavy atom. The minimum absolute atomic E-state index is 0.243. The maximum Gasteiger partial charge on any atom is 0.0538 e. The molecule has 0 saturated heterocycles. The average molecular weight is 244 g/mol. The van der Waals surface area contributed by atoms with Crippen LogP contribution < -0.4 is 11.1 Å².